The third kappa shape index (κ3) is 5.12. The highest BCUT2D eigenvalue weighted by Gasteiger charge is 2.18. The Labute approximate surface area is 205 Å². The first-order valence-electron chi connectivity index (χ1n) is 11.0. The Balaban J connectivity index is 1.33. The summed E-state index contributed by atoms with van der Waals surface area (Å²) in [6.45, 7) is 0.458. The van der Waals surface area contributed by atoms with Crippen molar-refractivity contribution in [3.05, 3.63) is 94.4 Å². The van der Waals surface area contributed by atoms with E-state index in [0.29, 0.717) is 30.0 Å². The van der Waals surface area contributed by atoms with Gasteiger partial charge >= 0.3 is 0 Å². The quantitative estimate of drug-likeness (QED) is 0.340. The van der Waals surface area contributed by atoms with Crippen LogP contribution in [0.5, 0.6) is 11.5 Å². The van der Waals surface area contributed by atoms with Gasteiger partial charge in [0.05, 0.1) is 21.6 Å². The van der Waals surface area contributed by atoms with Gasteiger partial charge in [0.2, 0.25) is 6.79 Å². The highest BCUT2D eigenvalue weighted by atomic mass is 35.5. The number of rotatable bonds is 7. The molecule has 2 amide bonds. The van der Waals surface area contributed by atoms with Crippen LogP contribution in [0.25, 0.3) is 17.1 Å². The molecule has 0 spiro atoms. The number of hydrogen-bond donors (Lipinski definition) is 3. The molecule has 0 aliphatic carbocycles. The molecule has 35 heavy (non-hydrogen) atoms. The van der Waals surface area contributed by atoms with Crippen LogP contribution in [0.15, 0.2) is 72.4 Å². The summed E-state index contributed by atoms with van der Waals surface area (Å²) in [5.41, 5.74) is 2.80. The number of benzene rings is 3. The normalized spacial score (nSPS) is 12.5. The number of nitrogens with zero attached hydrogens (tertiary/aromatic N) is 1. The second-order valence-electron chi connectivity index (χ2n) is 7.81. The summed E-state index contributed by atoms with van der Waals surface area (Å²) in [4.78, 5) is 33.7. The number of nitrogens with one attached hydrogen (secondary N) is 3. The maximum atomic E-state index is 13.1. The van der Waals surface area contributed by atoms with Crippen molar-refractivity contribution >= 4 is 40.5 Å². The molecule has 4 aromatic rings. The topological polar surface area (TPSA) is 105 Å². The first kappa shape index (κ1) is 22.5. The molecule has 1 aliphatic heterocycles. The number of fused-ring (bicyclic) bond motifs is 2. The average Bonchev–Trinajstić information content (AvgIpc) is 3.50. The smallest absolute Gasteiger partial charge is 0.267 e. The van der Waals surface area contributed by atoms with E-state index in [1.165, 1.54) is 0 Å². The van der Waals surface area contributed by atoms with Gasteiger partial charge in [-0.1, -0.05) is 41.9 Å². The van der Waals surface area contributed by atoms with E-state index in [0.717, 1.165) is 16.9 Å². The van der Waals surface area contributed by atoms with Crippen molar-refractivity contribution in [2.45, 2.75) is 6.42 Å². The van der Waals surface area contributed by atoms with Gasteiger partial charge in [0, 0.05) is 13.0 Å². The first-order valence-corrected chi connectivity index (χ1v) is 11.3. The first-order chi connectivity index (χ1) is 17.1. The predicted octanol–water partition coefficient (Wildman–Crippen LogP) is 4.07. The van der Waals surface area contributed by atoms with Crippen LogP contribution >= 0.6 is 11.6 Å². The van der Waals surface area contributed by atoms with E-state index in [1.807, 2.05) is 24.3 Å². The van der Waals surface area contributed by atoms with Crippen LogP contribution < -0.4 is 20.1 Å². The van der Waals surface area contributed by atoms with Gasteiger partial charge < -0.3 is 25.1 Å². The van der Waals surface area contributed by atoms with Crippen molar-refractivity contribution in [3.63, 3.8) is 0 Å². The summed E-state index contributed by atoms with van der Waals surface area (Å²) < 4.78 is 10.8. The highest BCUT2D eigenvalue weighted by molar-refractivity contribution is 6.34. The second-order valence-corrected chi connectivity index (χ2v) is 8.22. The lowest BCUT2D eigenvalue weighted by Crippen LogP contribution is -2.36. The lowest BCUT2D eigenvalue weighted by molar-refractivity contribution is -0.117. The number of aromatic nitrogens is 2. The molecular formula is C26H21ClN4O4. The van der Waals surface area contributed by atoms with E-state index in [-0.39, 0.29) is 23.1 Å². The molecule has 1 aliphatic rings. The fraction of sp³-hybridized carbons (Fsp3) is 0.115. The minimum absolute atomic E-state index is 0.0680. The largest absolute Gasteiger partial charge is 0.454 e. The van der Waals surface area contributed by atoms with E-state index in [1.54, 1.807) is 48.5 Å². The van der Waals surface area contributed by atoms with Crippen molar-refractivity contribution < 1.29 is 19.1 Å². The Morgan fingerprint density at radius 1 is 1.03 bits per heavy atom. The number of hydrogen-bond acceptors (Lipinski definition) is 5. The van der Waals surface area contributed by atoms with E-state index < -0.39 is 11.8 Å². The summed E-state index contributed by atoms with van der Waals surface area (Å²) in [5.74, 6) is 1.02. The number of ether oxygens (including phenoxy) is 2. The molecule has 0 radical (unpaired) electrons. The lowest BCUT2D eigenvalue weighted by Gasteiger charge is -2.12. The number of para-hydroxylation sites is 2. The molecular weight excluding hydrogens is 468 g/mol. The average molecular weight is 489 g/mol. The molecule has 5 rings (SSSR count). The van der Waals surface area contributed by atoms with Gasteiger partial charge in [0.1, 0.15) is 11.5 Å². The van der Waals surface area contributed by atoms with Crippen LogP contribution in [0.4, 0.5) is 0 Å². The minimum atomic E-state index is -0.491. The second kappa shape index (κ2) is 9.90. The molecule has 1 aromatic heterocycles. The third-order valence-electron chi connectivity index (χ3n) is 5.40. The Kier molecular flexibility index (Phi) is 6.36. The molecule has 0 saturated heterocycles. The molecule has 0 bridgehead atoms. The number of halogens is 1. The minimum Gasteiger partial charge on any atom is -0.454 e. The zero-order valence-corrected chi connectivity index (χ0v) is 19.3. The fourth-order valence-corrected chi connectivity index (χ4v) is 3.90. The Morgan fingerprint density at radius 2 is 1.83 bits per heavy atom. The van der Waals surface area contributed by atoms with Crippen LogP contribution in [0.3, 0.4) is 0 Å². The third-order valence-corrected chi connectivity index (χ3v) is 5.73. The molecule has 0 atom stereocenters. The Hall–Kier alpha value is -4.30. The number of aromatic amines is 1. The summed E-state index contributed by atoms with van der Waals surface area (Å²) >= 11 is 6.17. The van der Waals surface area contributed by atoms with Crippen LogP contribution in [0, 0.1) is 0 Å². The maximum absolute atomic E-state index is 13.1. The van der Waals surface area contributed by atoms with Crippen molar-refractivity contribution in [1.82, 2.24) is 20.6 Å². The number of H-pyrrole nitrogens is 1. The van der Waals surface area contributed by atoms with Crippen LogP contribution in [0.1, 0.15) is 21.7 Å². The van der Waals surface area contributed by atoms with Crippen molar-refractivity contribution in [2.24, 2.45) is 0 Å². The zero-order chi connectivity index (χ0) is 24.2. The van der Waals surface area contributed by atoms with Crippen molar-refractivity contribution in [1.29, 1.82) is 0 Å². The lowest BCUT2D eigenvalue weighted by atomic mass is 10.1. The van der Waals surface area contributed by atoms with E-state index in [9.17, 15) is 9.59 Å². The van der Waals surface area contributed by atoms with Gasteiger partial charge in [-0.3, -0.25) is 9.59 Å². The van der Waals surface area contributed by atoms with E-state index in [2.05, 4.69) is 20.6 Å². The van der Waals surface area contributed by atoms with Crippen LogP contribution in [-0.2, 0) is 11.2 Å². The Morgan fingerprint density at radius 3 is 2.69 bits per heavy atom. The molecule has 9 heteroatoms. The fourth-order valence-electron chi connectivity index (χ4n) is 3.68. The van der Waals surface area contributed by atoms with Gasteiger partial charge in [-0.25, -0.2) is 4.98 Å². The summed E-state index contributed by atoms with van der Waals surface area (Å²) in [7, 11) is 0. The van der Waals surface area contributed by atoms with E-state index in [4.69, 9.17) is 21.1 Å². The van der Waals surface area contributed by atoms with Crippen molar-refractivity contribution in [3.8, 4) is 11.5 Å². The van der Waals surface area contributed by atoms with Crippen molar-refractivity contribution in [2.75, 3.05) is 13.3 Å². The standard InChI is InChI=1S/C26H21ClN4O4/c27-18-6-2-1-5-17(18)25(32)31-21(13-16-9-10-22-23(14-16)35-15-34-22)26(33)28-12-11-24-29-19-7-3-4-8-20(19)30-24/h1-10,13-14H,11-12,15H2,(H,28,33)(H,29,30)(H,31,32). The van der Waals surface area contributed by atoms with Gasteiger partial charge in [-0.05, 0) is 48.0 Å². The molecule has 3 aromatic carbocycles. The molecule has 3 N–H and O–H groups in total. The van der Waals surface area contributed by atoms with Gasteiger partial charge in [0.25, 0.3) is 11.8 Å². The maximum Gasteiger partial charge on any atom is 0.267 e. The Bertz CT molecular complexity index is 1410. The van der Waals surface area contributed by atoms with E-state index >= 15 is 0 Å². The predicted molar refractivity (Wildman–Crippen MR) is 132 cm³/mol. The van der Waals surface area contributed by atoms with Crippen LogP contribution in [-0.4, -0.2) is 35.1 Å². The SMILES string of the molecule is O=C(NCCc1nc2ccccc2[nH]1)C(=Cc1ccc2c(c1)OCO2)NC(=O)c1ccccc1Cl. The summed E-state index contributed by atoms with van der Waals surface area (Å²) in [6, 6.07) is 19.6. The molecule has 176 valence electrons. The van der Waals surface area contributed by atoms with Crippen LogP contribution in [0.2, 0.25) is 5.02 Å². The summed E-state index contributed by atoms with van der Waals surface area (Å²) in [6.07, 6.45) is 2.07. The summed E-state index contributed by atoms with van der Waals surface area (Å²) in [5, 5.41) is 5.83. The highest BCUT2D eigenvalue weighted by Crippen LogP contribution is 2.33. The van der Waals surface area contributed by atoms with Gasteiger partial charge in [-0.15, -0.1) is 0 Å². The molecule has 0 saturated carbocycles. The molecule has 0 fully saturated rings. The monoisotopic (exact) mass is 488 g/mol. The number of carbonyl (C=O) groups is 2. The zero-order valence-electron chi connectivity index (χ0n) is 18.5. The van der Waals surface area contributed by atoms with Gasteiger partial charge in [0.15, 0.2) is 11.5 Å². The van der Waals surface area contributed by atoms with Gasteiger partial charge in [-0.2, -0.15) is 0 Å². The molecule has 8 nitrogen and oxygen atoms in total. The molecule has 2 heterocycles. The number of imidazole rings is 1. The number of amides is 2. The number of carbonyl (C=O) groups excluding carboxylic acids is 2. The molecule has 0 unspecified atom stereocenters.